The van der Waals surface area contributed by atoms with Gasteiger partial charge < -0.3 is 4.74 Å². The Morgan fingerprint density at radius 2 is 1.73 bits per heavy atom. The Balaban J connectivity index is 1.74. The van der Waals surface area contributed by atoms with E-state index >= 15 is 0 Å². The maximum atomic E-state index is 13.4. The number of para-hydroxylation sites is 1. The lowest BCUT2D eigenvalue weighted by Gasteiger charge is -2.15. The lowest BCUT2D eigenvalue weighted by molar-refractivity contribution is -0.136. The van der Waals surface area contributed by atoms with Gasteiger partial charge in [-0.2, -0.15) is 13.2 Å². The number of hydrogen-bond donors (Lipinski definition) is 0. The highest BCUT2D eigenvalue weighted by atomic mass is 35.5. The Morgan fingerprint density at radius 3 is 2.50 bits per heavy atom. The van der Waals surface area contributed by atoms with Crippen LogP contribution in [-0.2, 0) is 12.8 Å². The van der Waals surface area contributed by atoms with Gasteiger partial charge in [-0.3, -0.25) is 4.98 Å². The van der Waals surface area contributed by atoms with Gasteiger partial charge >= 0.3 is 6.18 Å². The summed E-state index contributed by atoms with van der Waals surface area (Å²) in [5.74, 6) is 0.615. The molecule has 1 heterocycles. The van der Waals surface area contributed by atoms with Crippen molar-refractivity contribution in [2.75, 3.05) is 0 Å². The van der Waals surface area contributed by atoms with Crippen molar-refractivity contribution >= 4 is 22.5 Å². The summed E-state index contributed by atoms with van der Waals surface area (Å²) in [6.07, 6.45) is -2.99. The number of fused-ring (bicyclic) bond motifs is 1. The van der Waals surface area contributed by atoms with Crippen LogP contribution in [-0.4, -0.2) is 4.98 Å². The standard InChI is InChI=1S/C24H17ClF3NO/c1-15-13-29-23-20(9-4-10-21(23)24(26,27)28)22(15)17-6-3-8-19(12-17)30-14-16-5-2-7-18(25)11-16/h2-13H,14H2,1H3. The second-order valence-corrected chi connectivity index (χ2v) is 7.40. The average molecular weight is 428 g/mol. The number of hydrogen-bond acceptors (Lipinski definition) is 2. The Bertz CT molecular complexity index is 1220. The summed E-state index contributed by atoms with van der Waals surface area (Å²) in [4.78, 5) is 4.08. The number of aryl methyl sites for hydroxylation is 1. The van der Waals surface area contributed by atoms with Crippen LogP contribution in [0.5, 0.6) is 5.75 Å². The van der Waals surface area contributed by atoms with Crippen LogP contribution in [0.3, 0.4) is 0 Å². The number of benzene rings is 3. The molecular formula is C24H17ClF3NO. The minimum absolute atomic E-state index is 0.0594. The highest BCUT2D eigenvalue weighted by Crippen LogP contribution is 2.38. The van der Waals surface area contributed by atoms with Crippen molar-refractivity contribution in [3.8, 4) is 16.9 Å². The summed E-state index contributed by atoms with van der Waals surface area (Å²) in [6, 6.07) is 18.8. The molecule has 0 N–H and O–H groups in total. The van der Waals surface area contributed by atoms with Gasteiger partial charge in [0.1, 0.15) is 12.4 Å². The van der Waals surface area contributed by atoms with E-state index in [9.17, 15) is 13.2 Å². The van der Waals surface area contributed by atoms with Crippen LogP contribution in [0.4, 0.5) is 13.2 Å². The first-order chi connectivity index (χ1) is 14.3. The predicted molar refractivity (Wildman–Crippen MR) is 113 cm³/mol. The Morgan fingerprint density at radius 1 is 0.967 bits per heavy atom. The van der Waals surface area contributed by atoms with E-state index in [4.69, 9.17) is 16.3 Å². The van der Waals surface area contributed by atoms with E-state index in [2.05, 4.69) is 4.98 Å². The summed E-state index contributed by atoms with van der Waals surface area (Å²) < 4.78 is 46.2. The van der Waals surface area contributed by atoms with Gasteiger partial charge in [0, 0.05) is 16.6 Å². The minimum atomic E-state index is -4.47. The van der Waals surface area contributed by atoms with E-state index < -0.39 is 11.7 Å². The van der Waals surface area contributed by atoms with Crippen LogP contribution < -0.4 is 4.74 Å². The van der Waals surface area contributed by atoms with E-state index in [-0.39, 0.29) is 5.52 Å². The van der Waals surface area contributed by atoms with Gasteiger partial charge in [0.2, 0.25) is 0 Å². The lowest BCUT2D eigenvalue weighted by Crippen LogP contribution is -2.07. The molecule has 0 radical (unpaired) electrons. The van der Waals surface area contributed by atoms with E-state index in [1.807, 2.05) is 49.4 Å². The predicted octanol–water partition coefficient (Wildman–Crippen LogP) is 7.46. The van der Waals surface area contributed by atoms with Crippen molar-refractivity contribution in [2.45, 2.75) is 19.7 Å². The number of nitrogens with zero attached hydrogens (tertiary/aromatic N) is 1. The molecule has 152 valence electrons. The van der Waals surface area contributed by atoms with Gasteiger partial charge in [0.15, 0.2) is 0 Å². The molecule has 0 saturated heterocycles. The highest BCUT2D eigenvalue weighted by Gasteiger charge is 2.33. The van der Waals surface area contributed by atoms with Gasteiger partial charge in [-0.1, -0.05) is 48.0 Å². The molecule has 0 aliphatic rings. The van der Waals surface area contributed by atoms with Crippen LogP contribution in [0.15, 0.2) is 72.9 Å². The Hall–Kier alpha value is -3.05. The topological polar surface area (TPSA) is 22.1 Å². The first-order valence-corrected chi connectivity index (χ1v) is 9.64. The van der Waals surface area contributed by atoms with E-state index in [0.29, 0.717) is 28.3 Å². The van der Waals surface area contributed by atoms with E-state index in [1.54, 1.807) is 12.1 Å². The fraction of sp³-hybridized carbons (Fsp3) is 0.125. The van der Waals surface area contributed by atoms with Crippen molar-refractivity contribution in [1.29, 1.82) is 0 Å². The van der Waals surface area contributed by atoms with Gasteiger partial charge in [-0.05, 0) is 59.5 Å². The van der Waals surface area contributed by atoms with Crippen molar-refractivity contribution in [3.63, 3.8) is 0 Å². The smallest absolute Gasteiger partial charge is 0.418 e. The number of alkyl halides is 3. The van der Waals surface area contributed by atoms with Gasteiger partial charge in [0.25, 0.3) is 0 Å². The van der Waals surface area contributed by atoms with E-state index in [1.165, 1.54) is 12.3 Å². The van der Waals surface area contributed by atoms with Crippen LogP contribution in [0.2, 0.25) is 5.02 Å². The molecular weight excluding hydrogens is 411 g/mol. The third kappa shape index (κ3) is 4.12. The van der Waals surface area contributed by atoms with Crippen LogP contribution in [0.25, 0.3) is 22.0 Å². The summed E-state index contributed by atoms with van der Waals surface area (Å²) >= 11 is 6.01. The third-order valence-corrected chi connectivity index (χ3v) is 5.04. The molecule has 0 aliphatic carbocycles. The van der Waals surface area contributed by atoms with Crippen LogP contribution >= 0.6 is 11.6 Å². The second kappa shape index (κ2) is 8.00. The fourth-order valence-electron chi connectivity index (χ4n) is 3.47. The number of rotatable bonds is 4. The molecule has 30 heavy (non-hydrogen) atoms. The molecule has 0 fully saturated rings. The molecule has 0 saturated carbocycles. The number of halogens is 4. The van der Waals surface area contributed by atoms with Crippen LogP contribution in [0, 0.1) is 6.92 Å². The summed E-state index contributed by atoms with van der Waals surface area (Å²) in [7, 11) is 0. The van der Waals surface area contributed by atoms with Crippen LogP contribution in [0.1, 0.15) is 16.7 Å². The van der Waals surface area contributed by atoms with Crippen molar-refractivity contribution in [2.24, 2.45) is 0 Å². The summed E-state index contributed by atoms with van der Waals surface area (Å²) in [6.45, 7) is 2.17. The molecule has 1 aromatic heterocycles. The van der Waals surface area contributed by atoms with E-state index in [0.717, 1.165) is 22.8 Å². The summed E-state index contributed by atoms with van der Waals surface area (Å²) in [5.41, 5.74) is 2.38. The maximum absolute atomic E-state index is 13.4. The SMILES string of the molecule is Cc1cnc2c(C(F)(F)F)cccc2c1-c1cccc(OCc2cccc(Cl)c2)c1. The summed E-state index contributed by atoms with van der Waals surface area (Å²) in [5, 5.41) is 1.08. The maximum Gasteiger partial charge on any atom is 0.418 e. The minimum Gasteiger partial charge on any atom is -0.489 e. The number of aromatic nitrogens is 1. The van der Waals surface area contributed by atoms with Gasteiger partial charge in [-0.15, -0.1) is 0 Å². The molecule has 0 aliphatic heterocycles. The lowest BCUT2D eigenvalue weighted by atomic mass is 9.95. The fourth-order valence-corrected chi connectivity index (χ4v) is 3.68. The molecule has 0 atom stereocenters. The molecule has 0 bridgehead atoms. The first-order valence-electron chi connectivity index (χ1n) is 9.26. The molecule has 2 nitrogen and oxygen atoms in total. The molecule has 4 aromatic rings. The van der Waals surface area contributed by atoms with Gasteiger partial charge in [0.05, 0.1) is 11.1 Å². The third-order valence-electron chi connectivity index (χ3n) is 4.81. The largest absolute Gasteiger partial charge is 0.489 e. The monoisotopic (exact) mass is 427 g/mol. The highest BCUT2D eigenvalue weighted by molar-refractivity contribution is 6.30. The average Bonchev–Trinajstić information content (AvgIpc) is 2.71. The zero-order valence-electron chi connectivity index (χ0n) is 16.0. The Kier molecular flexibility index (Phi) is 5.39. The molecule has 0 amide bonds. The zero-order chi connectivity index (χ0) is 21.3. The molecule has 0 unspecified atom stereocenters. The molecule has 6 heteroatoms. The van der Waals surface area contributed by atoms with Crippen molar-refractivity contribution in [1.82, 2.24) is 4.98 Å². The Labute approximate surface area is 176 Å². The molecule has 3 aromatic carbocycles. The van der Waals surface area contributed by atoms with Crippen molar-refractivity contribution < 1.29 is 17.9 Å². The molecule has 0 spiro atoms. The second-order valence-electron chi connectivity index (χ2n) is 6.96. The zero-order valence-corrected chi connectivity index (χ0v) is 16.8. The molecule has 4 rings (SSSR count). The van der Waals surface area contributed by atoms with Gasteiger partial charge in [-0.25, -0.2) is 0 Å². The quantitative estimate of drug-likeness (QED) is 0.337. The normalized spacial score (nSPS) is 11.6. The first kappa shape index (κ1) is 20.2. The van der Waals surface area contributed by atoms with Crippen molar-refractivity contribution in [3.05, 3.63) is 94.6 Å². The number of ether oxygens (including phenoxy) is 1. The number of pyridine rings is 1.